The summed E-state index contributed by atoms with van der Waals surface area (Å²) in [7, 11) is 0. The average Bonchev–Trinajstić information content (AvgIpc) is 2.92. The van der Waals surface area contributed by atoms with Crippen molar-refractivity contribution in [2.75, 3.05) is 13.2 Å². The molecule has 0 spiro atoms. The Morgan fingerprint density at radius 1 is 1.40 bits per heavy atom. The largest absolute Gasteiger partial charge is 0.493 e. The molecule has 0 amide bonds. The molecule has 0 saturated heterocycles. The van der Waals surface area contributed by atoms with Crippen molar-refractivity contribution in [3.05, 3.63) is 40.4 Å². The summed E-state index contributed by atoms with van der Waals surface area (Å²) in [6, 6.07) is 6.45. The minimum absolute atomic E-state index is 0.233. The zero-order chi connectivity index (χ0) is 14.4. The minimum atomic E-state index is 0.233. The highest BCUT2D eigenvalue weighted by Crippen LogP contribution is 2.24. The predicted molar refractivity (Wildman–Crippen MR) is 84.9 cm³/mol. The van der Waals surface area contributed by atoms with Gasteiger partial charge in [-0.2, -0.15) is 0 Å². The molecule has 1 aliphatic rings. The van der Waals surface area contributed by atoms with Gasteiger partial charge < -0.3 is 15.2 Å². The highest BCUT2D eigenvalue weighted by Gasteiger charge is 2.17. The first-order chi connectivity index (χ1) is 9.72. The molecular formula is C16H22BrNO2. The van der Waals surface area contributed by atoms with Gasteiger partial charge in [0.05, 0.1) is 6.61 Å². The van der Waals surface area contributed by atoms with Gasteiger partial charge in [-0.3, -0.25) is 0 Å². The fourth-order valence-corrected chi connectivity index (χ4v) is 2.75. The maximum absolute atomic E-state index is 9.14. The molecule has 0 fully saturated rings. The predicted octanol–water partition coefficient (Wildman–Crippen LogP) is 3.26. The molecule has 2 N–H and O–H groups in total. The number of benzene rings is 1. The second kappa shape index (κ2) is 7.81. The summed E-state index contributed by atoms with van der Waals surface area (Å²) in [6.45, 7) is 3.85. The van der Waals surface area contributed by atoms with Crippen LogP contribution >= 0.6 is 15.9 Å². The number of rotatable bonds is 7. The number of hydrogen-bond acceptors (Lipinski definition) is 3. The Bertz CT molecular complexity index is 462. The lowest BCUT2D eigenvalue weighted by molar-refractivity contribution is 0.246. The summed E-state index contributed by atoms with van der Waals surface area (Å²) >= 11 is 3.51. The van der Waals surface area contributed by atoms with Crippen LogP contribution in [0.5, 0.6) is 5.75 Å². The van der Waals surface area contributed by atoms with Gasteiger partial charge in [0.2, 0.25) is 0 Å². The van der Waals surface area contributed by atoms with Gasteiger partial charge in [-0.15, -0.1) is 0 Å². The van der Waals surface area contributed by atoms with E-state index in [1.807, 2.05) is 12.1 Å². The summed E-state index contributed by atoms with van der Waals surface area (Å²) in [4.78, 5) is 0. The van der Waals surface area contributed by atoms with E-state index >= 15 is 0 Å². The first kappa shape index (κ1) is 15.5. The zero-order valence-corrected chi connectivity index (χ0v) is 13.4. The molecule has 0 unspecified atom stereocenters. The van der Waals surface area contributed by atoms with Crippen molar-refractivity contribution in [3.8, 4) is 5.75 Å². The van der Waals surface area contributed by atoms with Crippen LogP contribution in [0.3, 0.4) is 0 Å². The second-order valence-electron chi connectivity index (χ2n) is 5.15. The van der Waals surface area contributed by atoms with Crippen LogP contribution in [0, 0.1) is 5.92 Å². The van der Waals surface area contributed by atoms with Crippen molar-refractivity contribution in [1.82, 2.24) is 5.32 Å². The summed E-state index contributed by atoms with van der Waals surface area (Å²) in [5.41, 5.74) is 1.16. The topological polar surface area (TPSA) is 41.5 Å². The molecule has 2 rings (SSSR count). The average molecular weight is 340 g/mol. The Morgan fingerprint density at radius 2 is 2.25 bits per heavy atom. The number of halogens is 1. The molecule has 0 saturated carbocycles. The van der Waals surface area contributed by atoms with E-state index in [1.54, 1.807) is 0 Å². The number of ether oxygens (including phenoxy) is 1. The maximum Gasteiger partial charge on any atom is 0.123 e. The highest BCUT2D eigenvalue weighted by atomic mass is 79.9. The van der Waals surface area contributed by atoms with E-state index in [1.165, 1.54) is 0 Å². The van der Waals surface area contributed by atoms with Gasteiger partial charge in [-0.25, -0.2) is 0 Å². The van der Waals surface area contributed by atoms with Crippen molar-refractivity contribution in [3.63, 3.8) is 0 Å². The van der Waals surface area contributed by atoms with Crippen molar-refractivity contribution >= 4 is 15.9 Å². The van der Waals surface area contributed by atoms with E-state index in [9.17, 15) is 0 Å². The van der Waals surface area contributed by atoms with Crippen LogP contribution < -0.4 is 10.1 Å². The molecule has 2 atom stereocenters. The van der Waals surface area contributed by atoms with Gasteiger partial charge in [0.15, 0.2) is 0 Å². The van der Waals surface area contributed by atoms with Gasteiger partial charge in [-0.1, -0.05) is 35.0 Å². The first-order valence-corrected chi connectivity index (χ1v) is 7.96. The highest BCUT2D eigenvalue weighted by molar-refractivity contribution is 9.10. The standard InChI is InChI=1S/C16H22BrNO2/c1-2-7-20-16-6-4-14(17)9-13(16)10-18-15-5-3-12(8-15)11-19/h3-6,9,12,15,18-19H,2,7-8,10-11H2,1H3/t12-,15+/m0/s1. The molecule has 0 heterocycles. The molecule has 1 aromatic rings. The van der Waals surface area contributed by atoms with Crippen LogP contribution in [0.4, 0.5) is 0 Å². The number of aliphatic hydroxyl groups is 1. The van der Waals surface area contributed by atoms with Crippen molar-refractivity contribution in [2.24, 2.45) is 5.92 Å². The molecule has 1 aromatic carbocycles. The lowest BCUT2D eigenvalue weighted by atomic mass is 10.1. The zero-order valence-electron chi connectivity index (χ0n) is 11.8. The van der Waals surface area contributed by atoms with Crippen LogP contribution in [0.25, 0.3) is 0 Å². The van der Waals surface area contributed by atoms with Gasteiger partial charge in [0.1, 0.15) is 5.75 Å². The van der Waals surface area contributed by atoms with Gasteiger partial charge in [0.25, 0.3) is 0 Å². The van der Waals surface area contributed by atoms with E-state index in [-0.39, 0.29) is 6.61 Å². The number of hydrogen-bond donors (Lipinski definition) is 2. The molecule has 1 aliphatic carbocycles. The lowest BCUT2D eigenvalue weighted by Crippen LogP contribution is -2.26. The van der Waals surface area contributed by atoms with E-state index in [0.29, 0.717) is 12.0 Å². The maximum atomic E-state index is 9.14. The quantitative estimate of drug-likeness (QED) is 0.749. The normalized spacial score (nSPS) is 21.4. The van der Waals surface area contributed by atoms with Crippen molar-refractivity contribution in [2.45, 2.75) is 32.4 Å². The molecule has 0 aliphatic heterocycles. The van der Waals surface area contributed by atoms with Gasteiger partial charge in [-0.05, 0) is 31.0 Å². The number of aliphatic hydroxyl groups excluding tert-OH is 1. The molecule has 4 heteroatoms. The van der Waals surface area contributed by atoms with Crippen LogP contribution in [0.2, 0.25) is 0 Å². The molecular weight excluding hydrogens is 318 g/mol. The molecule has 20 heavy (non-hydrogen) atoms. The Hall–Kier alpha value is -0.840. The first-order valence-electron chi connectivity index (χ1n) is 7.16. The lowest BCUT2D eigenvalue weighted by Gasteiger charge is -2.16. The smallest absolute Gasteiger partial charge is 0.123 e. The molecule has 110 valence electrons. The molecule has 0 aromatic heterocycles. The third kappa shape index (κ3) is 4.33. The third-order valence-electron chi connectivity index (χ3n) is 3.45. The fraction of sp³-hybridized carbons (Fsp3) is 0.500. The Labute approximate surface area is 129 Å². The summed E-state index contributed by atoms with van der Waals surface area (Å²) in [6.07, 6.45) is 6.21. The van der Waals surface area contributed by atoms with E-state index in [2.05, 4.69) is 46.4 Å². The van der Waals surface area contributed by atoms with Gasteiger partial charge >= 0.3 is 0 Å². The molecule has 0 bridgehead atoms. The fourth-order valence-electron chi connectivity index (χ4n) is 2.34. The number of nitrogens with one attached hydrogen (secondary N) is 1. The summed E-state index contributed by atoms with van der Waals surface area (Å²) < 4.78 is 6.84. The molecule has 3 nitrogen and oxygen atoms in total. The van der Waals surface area contributed by atoms with Crippen LogP contribution in [0.1, 0.15) is 25.3 Å². The van der Waals surface area contributed by atoms with Gasteiger partial charge in [0, 0.05) is 35.1 Å². The minimum Gasteiger partial charge on any atom is -0.493 e. The van der Waals surface area contributed by atoms with E-state index < -0.39 is 0 Å². The second-order valence-corrected chi connectivity index (χ2v) is 6.07. The van der Waals surface area contributed by atoms with Crippen molar-refractivity contribution in [1.29, 1.82) is 0 Å². The summed E-state index contributed by atoms with van der Waals surface area (Å²) in [5, 5.41) is 12.6. The molecule has 0 radical (unpaired) electrons. The van der Waals surface area contributed by atoms with Crippen LogP contribution in [-0.4, -0.2) is 24.4 Å². The Balaban J connectivity index is 1.94. The SMILES string of the molecule is CCCOc1ccc(Br)cc1CN[C@@H]1C=C[C@H](CO)C1. The van der Waals surface area contributed by atoms with E-state index in [4.69, 9.17) is 9.84 Å². The van der Waals surface area contributed by atoms with Crippen molar-refractivity contribution < 1.29 is 9.84 Å². The summed E-state index contributed by atoms with van der Waals surface area (Å²) in [5.74, 6) is 1.24. The third-order valence-corrected chi connectivity index (χ3v) is 3.94. The Morgan fingerprint density at radius 3 is 2.95 bits per heavy atom. The van der Waals surface area contributed by atoms with Crippen LogP contribution in [0.15, 0.2) is 34.8 Å². The van der Waals surface area contributed by atoms with Crippen LogP contribution in [-0.2, 0) is 6.54 Å². The van der Waals surface area contributed by atoms with E-state index in [0.717, 1.165) is 41.8 Å². The Kier molecular flexibility index (Phi) is 6.07. The monoisotopic (exact) mass is 339 g/mol.